The van der Waals surface area contributed by atoms with Gasteiger partial charge in [-0.05, 0) is 30.5 Å². The van der Waals surface area contributed by atoms with Crippen molar-refractivity contribution < 1.29 is 23.0 Å². The summed E-state index contributed by atoms with van der Waals surface area (Å²) in [6.45, 7) is 4.10. The molecule has 0 bridgehead atoms. The summed E-state index contributed by atoms with van der Waals surface area (Å²) < 4.78 is 43.6. The second kappa shape index (κ2) is 8.04. The van der Waals surface area contributed by atoms with Crippen molar-refractivity contribution in [3.63, 3.8) is 0 Å². The SMILES string of the molecule is CC(C)CCCC(O)COc1ccc(C#N)c(C(F)(F)F)c1. The average molecular weight is 315 g/mol. The van der Waals surface area contributed by atoms with E-state index in [1.54, 1.807) is 0 Å². The first-order valence-corrected chi connectivity index (χ1v) is 7.16. The Morgan fingerprint density at radius 3 is 2.50 bits per heavy atom. The van der Waals surface area contributed by atoms with Gasteiger partial charge in [-0.2, -0.15) is 18.4 Å². The summed E-state index contributed by atoms with van der Waals surface area (Å²) in [5.74, 6) is 0.537. The number of ether oxygens (including phenoxy) is 1. The van der Waals surface area contributed by atoms with Crippen LogP contribution in [0, 0.1) is 17.2 Å². The summed E-state index contributed by atoms with van der Waals surface area (Å²) in [7, 11) is 0. The van der Waals surface area contributed by atoms with Crippen molar-refractivity contribution >= 4 is 0 Å². The second-order valence-corrected chi connectivity index (χ2v) is 5.61. The molecule has 1 atom stereocenters. The van der Waals surface area contributed by atoms with Gasteiger partial charge in [-0.25, -0.2) is 0 Å². The maximum Gasteiger partial charge on any atom is 0.417 e. The van der Waals surface area contributed by atoms with Gasteiger partial charge in [0.25, 0.3) is 0 Å². The molecule has 3 nitrogen and oxygen atoms in total. The van der Waals surface area contributed by atoms with Crippen molar-refractivity contribution in [1.29, 1.82) is 5.26 Å². The number of nitriles is 1. The molecule has 0 radical (unpaired) electrons. The van der Waals surface area contributed by atoms with Gasteiger partial charge in [0.15, 0.2) is 0 Å². The zero-order valence-electron chi connectivity index (χ0n) is 12.7. The number of alkyl halides is 3. The van der Waals surface area contributed by atoms with Crippen LogP contribution in [0.15, 0.2) is 18.2 Å². The van der Waals surface area contributed by atoms with E-state index in [9.17, 15) is 18.3 Å². The third-order valence-electron chi connectivity index (χ3n) is 3.18. The van der Waals surface area contributed by atoms with Gasteiger partial charge in [0.2, 0.25) is 0 Å². The maximum atomic E-state index is 12.8. The van der Waals surface area contributed by atoms with Gasteiger partial charge >= 0.3 is 6.18 Å². The van der Waals surface area contributed by atoms with Crippen LogP contribution in [0.3, 0.4) is 0 Å². The fourth-order valence-corrected chi connectivity index (χ4v) is 1.98. The molecule has 1 aromatic rings. The van der Waals surface area contributed by atoms with Gasteiger partial charge in [0.1, 0.15) is 12.4 Å². The van der Waals surface area contributed by atoms with E-state index in [4.69, 9.17) is 10.00 Å². The molecule has 0 aromatic heterocycles. The van der Waals surface area contributed by atoms with Crippen molar-refractivity contribution in [2.75, 3.05) is 6.61 Å². The fraction of sp³-hybridized carbons (Fsp3) is 0.562. The Morgan fingerprint density at radius 1 is 1.27 bits per heavy atom. The third kappa shape index (κ3) is 5.94. The van der Waals surface area contributed by atoms with Crippen molar-refractivity contribution in [1.82, 2.24) is 0 Å². The van der Waals surface area contributed by atoms with E-state index in [1.165, 1.54) is 12.1 Å². The first-order chi connectivity index (χ1) is 10.2. The summed E-state index contributed by atoms with van der Waals surface area (Å²) in [6, 6.07) is 4.67. The van der Waals surface area contributed by atoms with Gasteiger partial charge in [0, 0.05) is 0 Å². The third-order valence-corrected chi connectivity index (χ3v) is 3.18. The number of halogens is 3. The quantitative estimate of drug-likeness (QED) is 0.822. The van der Waals surface area contributed by atoms with E-state index in [0.29, 0.717) is 12.3 Å². The molecular formula is C16H20F3NO2. The van der Waals surface area contributed by atoms with E-state index >= 15 is 0 Å². The molecule has 1 unspecified atom stereocenters. The Hall–Kier alpha value is -1.74. The zero-order valence-corrected chi connectivity index (χ0v) is 12.7. The number of aliphatic hydroxyl groups is 1. The topological polar surface area (TPSA) is 53.2 Å². The minimum absolute atomic E-state index is 0.00534. The highest BCUT2D eigenvalue weighted by molar-refractivity contribution is 5.44. The minimum Gasteiger partial charge on any atom is -0.491 e. The molecule has 0 saturated heterocycles. The lowest BCUT2D eigenvalue weighted by atomic mass is 10.0. The Morgan fingerprint density at radius 2 is 1.95 bits per heavy atom. The second-order valence-electron chi connectivity index (χ2n) is 5.61. The molecular weight excluding hydrogens is 295 g/mol. The lowest BCUT2D eigenvalue weighted by Gasteiger charge is -2.15. The highest BCUT2D eigenvalue weighted by Crippen LogP contribution is 2.34. The highest BCUT2D eigenvalue weighted by Gasteiger charge is 2.34. The molecule has 0 amide bonds. The smallest absolute Gasteiger partial charge is 0.417 e. The van der Waals surface area contributed by atoms with Crippen LogP contribution in [0.1, 0.15) is 44.2 Å². The van der Waals surface area contributed by atoms with Crippen molar-refractivity contribution in [3.05, 3.63) is 29.3 Å². The van der Waals surface area contributed by atoms with E-state index < -0.39 is 23.4 Å². The van der Waals surface area contributed by atoms with E-state index in [1.807, 2.05) is 0 Å². The maximum absolute atomic E-state index is 12.8. The predicted octanol–water partition coefficient (Wildman–Crippen LogP) is 4.14. The number of aliphatic hydroxyl groups excluding tert-OH is 1. The van der Waals surface area contributed by atoms with Crippen molar-refractivity contribution in [2.24, 2.45) is 5.92 Å². The minimum atomic E-state index is -4.61. The summed E-state index contributed by atoms with van der Waals surface area (Å²) in [4.78, 5) is 0. The van der Waals surface area contributed by atoms with Crippen molar-refractivity contribution in [2.45, 2.75) is 45.4 Å². The van der Waals surface area contributed by atoms with Gasteiger partial charge < -0.3 is 9.84 Å². The summed E-state index contributed by atoms with van der Waals surface area (Å²) in [6.07, 6.45) is -2.97. The molecule has 0 aliphatic carbocycles. The molecule has 1 aromatic carbocycles. The van der Waals surface area contributed by atoms with Crippen LogP contribution in [0.25, 0.3) is 0 Å². The molecule has 0 spiro atoms. The summed E-state index contributed by atoms with van der Waals surface area (Å²) >= 11 is 0. The van der Waals surface area contributed by atoms with E-state index in [2.05, 4.69) is 13.8 Å². The Balaban J connectivity index is 2.62. The molecule has 0 heterocycles. The van der Waals surface area contributed by atoms with Crippen molar-refractivity contribution in [3.8, 4) is 11.8 Å². The van der Waals surface area contributed by atoms with Crippen LogP contribution < -0.4 is 4.74 Å². The summed E-state index contributed by atoms with van der Waals surface area (Å²) in [5.41, 5.74) is -1.47. The van der Waals surface area contributed by atoms with E-state index in [0.717, 1.165) is 25.0 Å². The van der Waals surface area contributed by atoms with E-state index in [-0.39, 0.29) is 12.4 Å². The molecule has 6 heteroatoms. The fourth-order valence-electron chi connectivity index (χ4n) is 1.98. The van der Waals surface area contributed by atoms with Gasteiger partial charge in [-0.1, -0.05) is 26.7 Å². The first-order valence-electron chi connectivity index (χ1n) is 7.16. The molecule has 22 heavy (non-hydrogen) atoms. The number of rotatable bonds is 7. The molecule has 1 N–H and O–H groups in total. The van der Waals surface area contributed by atoms with Crippen LogP contribution in [0.5, 0.6) is 5.75 Å². The Bertz CT molecular complexity index is 521. The van der Waals surface area contributed by atoms with Crippen LogP contribution >= 0.6 is 0 Å². The monoisotopic (exact) mass is 315 g/mol. The molecule has 0 saturated carbocycles. The van der Waals surface area contributed by atoms with Gasteiger partial charge in [0.05, 0.1) is 23.3 Å². The lowest BCUT2D eigenvalue weighted by Crippen LogP contribution is -2.18. The molecule has 0 aliphatic heterocycles. The normalized spacial score (nSPS) is 13.0. The average Bonchev–Trinajstić information content (AvgIpc) is 2.43. The standard InChI is InChI=1S/C16H20F3NO2/c1-11(2)4-3-5-13(21)10-22-14-7-6-12(9-20)15(8-14)16(17,18)19/h6-8,11,13,21H,3-5,10H2,1-2H3. The number of hydrogen-bond donors (Lipinski definition) is 1. The van der Waals surface area contributed by atoms with Crippen LogP contribution in [-0.4, -0.2) is 17.8 Å². The molecule has 122 valence electrons. The predicted molar refractivity (Wildman–Crippen MR) is 76.3 cm³/mol. The molecule has 0 aliphatic rings. The number of benzene rings is 1. The zero-order chi connectivity index (χ0) is 16.8. The summed E-state index contributed by atoms with van der Waals surface area (Å²) in [5, 5.41) is 18.5. The molecule has 1 rings (SSSR count). The Kier molecular flexibility index (Phi) is 6.69. The van der Waals surface area contributed by atoms with Crippen LogP contribution in [0.4, 0.5) is 13.2 Å². The highest BCUT2D eigenvalue weighted by atomic mass is 19.4. The first kappa shape index (κ1) is 18.3. The van der Waals surface area contributed by atoms with Crippen LogP contribution in [0.2, 0.25) is 0 Å². The Labute approximate surface area is 128 Å². The largest absolute Gasteiger partial charge is 0.491 e. The number of hydrogen-bond acceptors (Lipinski definition) is 3. The van der Waals surface area contributed by atoms with Gasteiger partial charge in [-0.3, -0.25) is 0 Å². The molecule has 0 fully saturated rings. The van der Waals surface area contributed by atoms with Crippen LogP contribution in [-0.2, 0) is 6.18 Å². The number of nitrogens with zero attached hydrogens (tertiary/aromatic N) is 1. The lowest BCUT2D eigenvalue weighted by molar-refractivity contribution is -0.137. The van der Waals surface area contributed by atoms with Gasteiger partial charge in [-0.15, -0.1) is 0 Å².